The zero-order valence-corrected chi connectivity index (χ0v) is 12.2. The number of epoxide rings is 1. The van der Waals surface area contributed by atoms with Gasteiger partial charge in [-0.1, -0.05) is 30.3 Å². The number of rotatable bonds is 6. The average Bonchev–Trinajstić information content (AvgIpc) is 3.35. The predicted molar refractivity (Wildman–Crippen MR) is 77.5 cm³/mol. The summed E-state index contributed by atoms with van der Waals surface area (Å²) >= 11 is 0. The summed E-state index contributed by atoms with van der Waals surface area (Å²) in [6, 6.07) is 12.5. The van der Waals surface area contributed by atoms with Crippen LogP contribution in [0.4, 0.5) is 13.2 Å². The normalized spacial score (nSPS) is 16.9. The number of halogens is 3. The van der Waals surface area contributed by atoms with Gasteiger partial charge < -0.3 is 14.2 Å². The minimum Gasteiger partial charge on any atom is -0.487 e. The molecule has 23 heavy (non-hydrogen) atoms. The van der Waals surface area contributed by atoms with Crippen molar-refractivity contribution in [1.29, 1.82) is 0 Å². The zero-order valence-electron chi connectivity index (χ0n) is 12.2. The first kappa shape index (κ1) is 15.7. The summed E-state index contributed by atoms with van der Waals surface area (Å²) in [5.74, 6) is 0.355. The molecule has 2 aromatic rings. The van der Waals surface area contributed by atoms with E-state index in [-0.39, 0.29) is 24.2 Å². The lowest BCUT2D eigenvalue weighted by Gasteiger charge is -2.15. The van der Waals surface area contributed by atoms with Gasteiger partial charge in [0.15, 0.2) is 11.5 Å². The average molecular weight is 324 g/mol. The van der Waals surface area contributed by atoms with Crippen LogP contribution in [0.1, 0.15) is 11.1 Å². The van der Waals surface area contributed by atoms with Crippen molar-refractivity contribution < 1.29 is 27.4 Å². The standard InChI is InChI=1S/C17H15F3O3/c18-17(19,20)13-6-7-15(23-11-14-10-21-14)16(8-13)22-9-12-4-2-1-3-5-12/h1-8,14H,9-11H2. The maximum Gasteiger partial charge on any atom is 0.416 e. The van der Waals surface area contributed by atoms with Crippen LogP contribution in [0.2, 0.25) is 0 Å². The topological polar surface area (TPSA) is 31.0 Å². The molecule has 0 N–H and O–H groups in total. The first-order valence-electron chi connectivity index (χ1n) is 7.15. The van der Waals surface area contributed by atoms with Crippen molar-refractivity contribution in [1.82, 2.24) is 0 Å². The number of ether oxygens (including phenoxy) is 3. The van der Waals surface area contributed by atoms with Gasteiger partial charge in [0.1, 0.15) is 19.3 Å². The van der Waals surface area contributed by atoms with E-state index in [1.807, 2.05) is 30.3 Å². The molecule has 1 atom stereocenters. The van der Waals surface area contributed by atoms with Crippen LogP contribution in [0.5, 0.6) is 11.5 Å². The van der Waals surface area contributed by atoms with E-state index >= 15 is 0 Å². The molecule has 0 radical (unpaired) electrons. The molecule has 1 unspecified atom stereocenters. The molecule has 6 heteroatoms. The molecular weight excluding hydrogens is 309 g/mol. The van der Waals surface area contributed by atoms with Gasteiger partial charge in [0, 0.05) is 0 Å². The molecule has 0 aromatic heterocycles. The summed E-state index contributed by atoms with van der Waals surface area (Å²) in [5.41, 5.74) is 0.0944. The Kier molecular flexibility index (Phi) is 4.43. The van der Waals surface area contributed by atoms with E-state index in [1.165, 1.54) is 6.07 Å². The van der Waals surface area contributed by atoms with Crippen molar-refractivity contribution in [2.45, 2.75) is 18.9 Å². The second-order valence-corrected chi connectivity index (χ2v) is 5.20. The SMILES string of the molecule is FC(F)(F)c1ccc(OCC2CO2)c(OCc2ccccc2)c1. The molecule has 1 fully saturated rings. The van der Waals surface area contributed by atoms with E-state index in [9.17, 15) is 13.2 Å². The minimum absolute atomic E-state index is 0.0132. The summed E-state index contributed by atoms with van der Waals surface area (Å²) in [6.45, 7) is 1.08. The molecule has 0 bridgehead atoms. The third-order valence-corrected chi connectivity index (χ3v) is 3.34. The summed E-state index contributed by atoms with van der Waals surface area (Å²) in [6.07, 6.45) is -4.41. The van der Waals surface area contributed by atoms with Gasteiger partial charge in [0.05, 0.1) is 12.2 Å². The Morgan fingerprint density at radius 1 is 1.00 bits per heavy atom. The lowest BCUT2D eigenvalue weighted by Crippen LogP contribution is -2.09. The first-order valence-corrected chi connectivity index (χ1v) is 7.15. The molecule has 0 aliphatic carbocycles. The predicted octanol–water partition coefficient (Wildman–Crippen LogP) is 4.06. The van der Waals surface area contributed by atoms with E-state index in [0.29, 0.717) is 13.2 Å². The van der Waals surface area contributed by atoms with Crippen LogP contribution >= 0.6 is 0 Å². The fraction of sp³-hybridized carbons (Fsp3) is 0.294. The van der Waals surface area contributed by atoms with Gasteiger partial charge in [-0.15, -0.1) is 0 Å². The zero-order chi connectivity index (χ0) is 16.3. The van der Waals surface area contributed by atoms with Gasteiger partial charge in [-0.2, -0.15) is 13.2 Å². The molecule has 1 aliphatic rings. The fourth-order valence-corrected chi connectivity index (χ4v) is 2.00. The smallest absolute Gasteiger partial charge is 0.416 e. The first-order chi connectivity index (χ1) is 11.0. The molecule has 3 rings (SSSR count). The second kappa shape index (κ2) is 6.50. The third-order valence-electron chi connectivity index (χ3n) is 3.34. The summed E-state index contributed by atoms with van der Waals surface area (Å²) in [7, 11) is 0. The minimum atomic E-state index is -4.43. The molecule has 122 valence electrons. The van der Waals surface area contributed by atoms with Crippen LogP contribution in [-0.4, -0.2) is 19.3 Å². The summed E-state index contributed by atoms with van der Waals surface area (Å²) in [5, 5.41) is 0. The van der Waals surface area contributed by atoms with Gasteiger partial charge in [-0.25, -0.2) is 0 Å². The van der Waals surface area contributed by atoms with Crippen molar-refractivity contribution in [2.24, 2.45) is 0 Å². The van der Waals surface area contributed by atoms with Crippen LogP contribution in [0.3, 0.4) is 0 Å². The van der Waals surface area contributed by atoms with E-state index < -0.39 is 11.7 Å². The van der Waals surface area contributed by atoms with Crippen LogP contribution < -0.4 is 9.47 Å². The van der Waals surface area contributed by atoms with E-state index in [2.05, 4.69) is 0 Å². The monoisotopic (exact) mass is 324 g/mol. The fourth-order valence-electron chi connectivity index (χ4n) is 2.00. The Hall–Kier alpha value is -2.21. The molecular formula is C17H15F3O3. The van der Waals surface area contributed by atoms with Crippen molar-refractivity contribution >= 4 is 0 Å². The van der Waals surface area contributed by atoms with Crippen molar-refractivity contribution in [3.63, 3.8) is 0 Å². The number of benzene rings is 2. The van der Waals surface area contributed by atoms with Gasteiger partial charge in [0.2, 0.25) is 0 Å². The van der Waals surface area contributed by atoms with Crippen LogP contribution in [0.15, 0.2) is 48.5 Å². The number of hydrogen-bond acceptors (Lipinski definition) is 3. The molecule has 0 spiro atoms. The van der Waals surface area contributed by atoms with Gasteiger partial charge in [0.25, 0.3) is 0 Å². The van der Waals surface area contributed by atoms with Crippen molar-refractivity contribution in [3.8, 4) is 11.5 Å². The van der Waals surface area contributed by atoms with Gasteiger partial charge in [-0.05, 0) is 23.8 Å². The Labute approximate surface area is 131 Å². The number of alkyl halides is 3. The highest BCUT2D eigenvalue weighted by molar-refractivity contribution is 5.44. The van der Waals surface area contributed by atoms with Gasteiger partial charge in [-0.3, -0.25) is 0 Å². The molecule has 0 saturated carbocycles. The Morgan fingerprint density at radius 3 is 2.39 bits per heavy atom. The lowest BCUT2D eigenvalue weighted by atomic mass is 10.2. The third kappa shape index (κ3) is 4.39. The van der Waals surface area contributed by atoms with E-state index in [4.69, 9.17) is 14.2 Å². The second-order valence-electron chi connectivity index (χ2n) is 5.20. The molecule has 0 amide bonds. The maximum absolute atomic E-state index is 12.9. The summed E-state index contributed by atoms with van der Waals surface area (Å²) in [4.78, 5) is 0. The molecule has 1 aliphatic heterocycles. The van der Waals surface area contributed by atoms with E-state index in [0.717, 1.165) is 17.7 Å². The lowest BCUT2D eigenvalue weighted by molar-refractivity contribution is -0.137. The Morgan fingerprint density at radius 2 is 1.74 bits per heavy atom. The largest absolute Gasteiger partial charge is 0.487 e. The summed E-state index contributed by atoms with van der Waals surface area (Å²) < 4.78 is 54.7. The molecule has 2 aromatic carbocycles. The highest BCUT2D eigenvalue weighted by Gasteiger charge is 2.32. The highest BCUT2D eigenvalue weighted by atomic mass is 19.4. The van der Waals surface area contributed by atoms with Crippen LogP contribution in [-0.2, 0) is 17.5 Å². The van der Waals surface area contributed by atoms with Crippen LogP contribution in [0.25, 0.3) is 0 Å². The quantitative estimate of drug-likeness (QED) is 0.751. The number of hydrogen-bond donors (Lipinski definition) is 0. The molecule has 1 saturated heterocycles. The van der Waals surface area contributed by atoms with Crippen LogP contribution in [0, 0.1) is 0 Å². The molecule has 3 nitrogen and oxygen atoms in total. The van der Waals surface area contributed by atoms with Crippen molar-refractivity contribution in [3.05, 3.63) is 59.7 Å². The molecule has 1 heterocycles. The van der Waals surface area contributed by atoms with E-state index in [1.54, 1.807) is 0 Å². The Bertz CT molecular complexity index is 652. The maximum atomic E-state index is 12.9. The van der Waals surface area contributed by atoms with Crippen molar-refractivity contribution in [2.75, 3.05) is 13.2 Å². The highest BCUT2D eigenvalue weighted by Crippen LogP contribution is 2.37. The van der Waals surface area contributed by atoms with Gasteiger partial charge >= 0.3 is 6.18 Å². The Balaban J connectivity index is 1.77.